The van der Waals surface area contributed by atoms with Crippen LogP contribution in [-0.2, 0) is 12.8 Å². The van der Waals surface area contributed by atoms with E-state index in [2.05, 4.69) is 63.2 Å². The average Bonchev–Trinajstić information content (AvgIpc) is 2.98. The molecule has 3 nitrogen and oxygen atoms in total. The number of benzene rings is 2. The summed E-state index contributed by atoms with van der Waals surface area (Å²) >= 11 is 5.34. The first-order valence-electron chi connectivity index (χ1n) is 9.23. The van der Waals surface area contributed by atoms with Crippen molar-refractivity contribution in [1.82, 2.24) is 9.97 Å². The monoisotopic (exact) mass is 438 g/mol. The molecule has 0 unspecified atom stereocenters. The van der Waals surface area contributed by atoms with Gasteiger partial charge in [-0.2, -0.15) is 4.98 Å². The number of thiophene rings is 1. The van der Waals surface area contributed by atoms with Gasteiger partial charge >= 0.3 is 0 Å². The maximum Gasteiger partial charge on any atom is 0.231 e. The molecular weight excluding hydrogens is 420 g/mol. The lowest BCUT2D eigenvalue weighted by molar-refractivity contribution is 0.465. The van der Waals surface area contributed by atoms with E-state index < -0.39 is 0 Å². The van der Waals surface area contributed by atoms with Crippen LogP contribution in [0, 0.1) is 12.8 Å². The van der Waals surface area contributed by atoms with Crippen LogP contribution in [0.4, 0.5) is 0 Å². The van der Waals surface area contributed by atoms with E-state index in [9.17, 15) is 0 Å². The molecule has 0 N–H and O–H groups in total. The predicted octanol–water partition coefficient (Wildman–Crippen LogP) is 6.83. The SMILES string of the molecule is Cc1nc(Oc2ccc3cc(Br)ccc3c2)c2c3c(sc2n1)C[C@H](C)CC3. The summed E-state index contributed by atoms with van der Waals surface area (Å²) < 4.78 is 7.39. The number of hydrogen-bond acceptors (Lipinski definition) is 4. The van der Waals surface area contributed by atoms with Crippen LogP contribution in [-0.4, -0.2) is 9.97 Å². The van der Waals surface area contributed by atoms with E-state index in [-0.39, 0.29) is 0 Å². The number of nitrogens with zero attached hydrogens (tertiary/aromatic N) is 2. The predicted molar refractivity (Wildman–Crippen MR) is 115 cm³/mol. The van der Waals surface area contributed by atoms with Crippen LogP contribution < -0.4 is 4.74 Å². The number of halogens is 1. The fraction of sp³-hybridized carbons (Fsp3) is 0.273. The van der Waals surface area contributed by atoms with Crippen molar-refractivity contribution < 1.29 is 4.74 Å². The molecule has 4 aromatic rings. The summed E-state index contributed by atoms with van der Waals surface area (Å²) in [5.41, 5.74) is 1.40. The van der Waals surface area contributed by atoms with Gasteiger partial charge in [-0.1, -0.05) is 35.0 Å². The normalized spacial score (nSPS) is 16.6. The van der Waals surface area contributed by atoms with E-state index in [0.29, 0.717) is 5.88 Å². The highest BCUT2D eigenvalue weighted by atomic mass is 79.9. The molecule has 0 radical (unpaired) electrons. The largest absolute Gasteiger partial charge is 0.438 e. The Hall–Kier alpha value is -1.98. The van der Waals surface area contributed by atoms with Crippen molar-refractivity contribution in [2.45, 2.75) is 33.1 Å². The molecule has 1 atom stereocenters. The summed E-state index contributed by atoms with van der Waals surface area (Å²) in [5.74, 6) is 3.01. The first-order valence-corrected chi connectivity index (χ1v) is 10.8. The second-order valence-electron chi connectivity index (χ2n) is 7.36. The van der Waals surface area contributed by atoms with Crippen molar-refractivity contribution in [1.29, 1.82) is 0 Å². The number of aryl methyl sites for hydroxylation is 2. The molecule has 2 heterocycles. The van der Waals surface area contributed by atoms with Crippen molar-refractivity contribution in [3.8, 4) is 11.6 Å². The second kappa shape index (κ2) is 6.57. The molecule has 0 spiro atoms. The van der Waals surface area contributed by atoms with Crippen molar-refractivity contribution in [3.63, 3.8) is 0 Å². The standard InChI is InChI=1S/C22H19BrN2OS/c1-12-3-8-18-19(9-12)27-22-20(18)21(24-13(2)25-22)26-17-7-5-14-10-16(23)6-4-15(14)11-17/h4-7,10-12H,3,8-9H2,1-2H3/t12-/m1/s1. The number of aromatic nitrogens is 2. The van der Waals surface area contributed by atoms with Gasteiger partial charge in [0.25, 0.3) is 0 Å². The molecule has 1 aliphatic carbocycles. The molecule has 0 aliphatic heterocycles. The first kappa shape index (κ1) is 17.1. The molecule has 0 amide bonds. The average molecular weight is 439 g/mol. The lowest BCUT2D eigenvalue weighted by Gasteiger charge is -2.18. The smallest absolute Gasteiger partial charge is 0.231 e. The van der Waals surface area contributed by atoms with E-state index in [0.717, 1.165) is 50.4 Å². The van der Waals surface area contributed by atoms with Gasteiger partial charge in [0, 0.05) is 9.35 Å². The quantitative estimate of drug-likeness (QED) is 0.343. The first-order chi connectivity index (χ1) is 13.1. The van der Waals surface area contributed by atoms with Gasteiger partial charge < -0.3 is 4.74 Å². The molecule has 5 heteroatoms. The van der Waals surface area contributed by atoms with Crippen molar-refractivity contribution in [2.75, 3.05) is 0 Å². The minimum atomic E-state index is 0.695. The molecule has 2 aromatic heterocycles. The fourth-order valence-corrected chi connectivity index (χ4v) is 5.65. The molecule has 5 rings (SSSR count). The lowest BCUT2D eigenvalue weighted by Crippen LogP contribution is -2.08. The Morgan fingerprint density at radius 3 is 2.81 bits per heavy atom. The fourth-order valence-electron chi connectivity index (χ4n) is 3.85. The third-order valence-corrected chi connectivity index (χ3v) is 6.86. The summed E-state index contributed by atoms with van der Waals surface area (Å²) in [6.07, 6.45) is 3.45. The highest BCUT2D eigenvalue weighted by molar-refractivity contribution is 9.10. The lowest BCUT2D eigenvalue weighted by atomic mass is 9.89. The zero-order valence-corrected chi connectivity index (χ0v) is 17.7. The van der Waals surface area contributed by atoms with Gasteiger partial charge in [-0.3, -0.25) is 0 Å². The van der Waals surface area contributed by atoms with Crippen LogP contribution >= 0.6 is 27.3 Å². The van der Waals surface area contributed by atoms with Crippen LogP contribution in [0.25, 0.3) is 21.0 Å². The molecule has 0 saturated carbocycles. The summed E-state index contributed by atoms with van der Waals surface area (Å²) in [4.78, 5) is 11.9. The maximum absolute atomic E-state index is 6.31. The Labute approximate surface area is 170 Å². The number of ether oxygens (including phenoxy) is 1. The number of fused-ring (bicyclic) bond motifs is 4. The third-order valence-electron chi connectivity index (χ3n) is 5.22. The Kier molecular flexibility index (Phi) is 4.17. The van der Waals surface area contributed by atoms with Gasteiger partial charge in [0.15, 0.2) is 0 Å². The van der Waals surface area contributed by atoms with Gasteiger partial charge in [0.1, 0.15) is 16.4 Å². The van der Waals surface area contributed by atoms with Crippen LogP contribution in [0.5, 0.6) is 11.6 Å². The molecule has 0 bridgehead atoms. The van der Waals surface area contributed by atoms with Gasteiger partial charge in [-0.05, 0) is 72.7 Å². The zero-order valence-electron chi connectivity index (χ0n) is 15.3. The minimum absolute atomic E-state index is 0.695. The molecule has 27 heavy (non-hydrogen) atoms. The summed E-state index contributed by atoms with van der Waals surface area (Å²) in [5, 5.41) is 3.45. The van der Waals surface area contributed by atoms with Crippen LogP contribution in [0.1, 0.15) is 29.6 Å². The summed E-state index contributed by atoms with van der Waals surface area (Å²) in [7, 11) is 0. The molecular formula is C22H19BrN2OS. The van der Waals surface area contributed by atoms with Gasteiger partial charge in [-0.25, -0.2) is 4.98 Å². The molecule has 136 valence electrons. The Morgan fingerprint density at radius 2 is 1.93 bits per heavy atom. The molecule has 2 aromatic carbocycles. The van der Waals surface area contributed by atoms with E-state index in [1.54, 1.807) is 0 Å². The van der Waals surface area contributed by atoms with Crippen LogP contribution in [0.2, 0.25) is 0 Å². The second-order valence-corrected chi connectivity index (χ2v) is 9.36. The molecule has 0 saturated heterocycles. The minimum Gasteiger partial charge on any atom is -0.438 e. The molecule has 1 aliphatic rings. The third kappa shape index (κ3) is 3.13. The van der Waals surface area contributed by atoms with Crippen molar-refractivity contribution >= 4 is 48.3 Å². The van der Waals surface area contributed by atoms with Crippen molar-refractivity contribution in [2.24, 2.45) is 5.92 Å². The van der Waals surface area contributed by atoms with E-state index in [4.69, 9.17) is 4.74 Å². The Balaban J connectivity index is 1.61. The van der Waals surface area contributed by atoms with Crippen LogP contribution in [0.15, 0.2) is 40.9 Å². The van der Waals surface area contributed by atoms with Gasteiger partial charge in [0.05, 0.1) is 5.39 Å². The Bertz CT molecular complexity index is 1180. The van der Waals surface area contributed by atoms with Gasteiger partial charge in [0.2, 0.25) is 5.88 Å². The summed E-state index contributed by atoms with van der Waals surface area (Å²) in [6.45, 7) is 4.26. The Morgan fingerprint density at radius 1 is 1.11 bits per heavy atom. The number of hydrogen-bond donors (Lipinski definition) is 0. The highest BCUT2D eigenvalue weighted by Gasteiger charge is 2.24. The highest BCUT2D eigenvalue weighted by Crippen LogP contribution is 2.42. The zero-order chi connectivity index (χ0) is 18.5. The van der Waals surface area contributed by atoms with E-state index in [1.807, 2.05) is 24.3 Å². The van der Waals surface area contributed by atoms with Gasteiger partial charge in [-0.15, -0.1) is 11.3 Å². The van der Waals surface area contributed by atoms with Crippen molar-refractivity contribution in [3.05, 3.63) is 57.1 Å². The van der Waals surface area contributed by atoms with Crippen LogP contribution in [0.3, 0.4) is 0 Å². The molecule has 0 fully saturated rings. The van der Waals surface area contributed by atoms with E-state index >= 15 is 0 Å². The maximum atomic E-state index is 6.31. The number of rotatable bonds is 2. The topological polar surface area (TPSA) is 35.0 Å². The van der Waals surface area contributed by atoms with E-state index in [1.165, 1.54) is 22.2 Å². The summed E-state index contributed by atoms with van der Waals surface area (Å²) in [6, 6.07) is 12.4.